The number of ether oxygens (including phenoxy) is 2. The number of pyridine rings is 1. The third kappa shape index (κ3) is 3.74. The zero-order chi connectivity index (χ0) is 18.0. The third-order valence-electron chi connectivity index (χ3n) is 4.02. The Morgan fingerprint density at radius 2 is 1.92 bits per heavy atom. The average Bonchev–Trinajstić information content (AvgIpc) is 2.61. The van der Waals surface area contributed by atoms with Gasteiger partial charge in [-0.25, -0.2) is 9.78 Å². The molecular weight excluding hydrogens is 338 g/mol. The van der Waals surface area contributed by atoms with E-state index < -0.39 is 5.97 Å². The number of carbonyl (C=O) groups is 1. The highest BCUT2D eigenvalue weighted by Gasteiger charge is 2.14. The molecule has 0 unspecified atom stereocenters. The maximum atomic E-state index is 11.9. The summed E-state index contributed by atoms with van der Waals surface area (Å²) in [5, 5.41) is 1.34. The third-order valence-corrected chi connectivity index (χ3v) is 4.25. The zero-order valence-corrected chi connectivity index (χ0v) is 15.1. The Hall–Kier alpha value is -2.59. The van der Waals surface area contributed by atoms with Crippen molar-refractivity contribution in [3.63, 3.8) is 0 Å². The summed E-state index contributed by atoms with van der Waals surface area (Å²) in [5.74, 6) is 0.0437. The van der Waals surface area contributed by atoms with Crippen LogP contribution in [0.25, 0.3) is 10.9 Å². The van der Waals surface area contributed by atoms with Gasteiger partial charge in [0.05, 0.1) is 12.6 Å². The van der Waals surface area contributed by atoms with Gasteiger partial charge in [0.25, 0.3) is 0 Å². The number of aromatic nitrogens is 1. The minimum Gasteiger partial charge on any atom is -0.488 e. The van der Waals surface area contributed by atoms with Crippen LogP contribution >= 0.6 is 11.6 Å². The standard InChI is InChI=1S/C20H18ClNO3/c1-12-4-5-13(2)14(8-12)11-25-19-10-18(20(23)24-3)22-17-7-6-15(21)9-16(17)19/h4-10H,11H2,1-3H3. The van der Waals surface area contributed by atoms with Crippen molar-refractivity contribution >= 4 is 28.5 Å². The van der Waals surface area contributed by atoms with Gasteiger partial charge in [-0.3, -0.25) is 0 Å². The highest BCUT2D eigenvalue weighted by atomic mass is 35.5. The van der Waals surface area contributed by atoms with Gasteiger partial charge < -0.3 is 9.47 Å². The predicted molar refractivity (Wildman–Crippen MR) is 98.3 cm³/mol. The van der Waals surface area contributed by atoms with Gasteiger partial charge >= 0.3 is 5.97 Å². The first-order valence-electron chi connectivity index (χ1n) is 7.85. The van der Waals surface area contributed by atoms with E-state index in [0.29, 0.717) is 22.9 Å². The van der Waals surface area contributed by atoms with E-state index in [1.54, 1.807) is 24.3 Å². The van der Waals surface area contributed by atoms with E-state index >= 15 is 0 Å². The van der Waals surface area contributed by atoms with Crippen LogP contribution in [0.2, 0.25) is 5.02 Å². The normalized spacial score (nSPS) is 10.7. The van der Waals surface area contributed by atoms with Gasteiger partial charge in [0.15, 0.2) is 5.69 Å². The summed E-state index contributed by atoms with van der Waals surface area (Å²) in [6, 6.07) is 13.1. The number of carbonyl (C=O) groups excluding carboxylic acids is 1. The maximum absolute atomic E-state index is 11.9. The Balaban J connectivity index is 2.02. The first-order valence-corrected chi connectivity index (χ1v) is 8.23. The van der Waals surface area contributed by atoms with Crippen molar-refractivity contribution in [2.24, 2.45) is 0 Å². The Kier molecular flexibility index (Phi) is 4.91. The first kappa shape index (κ1) is 17.2. The van der Waals surface area contributed by atoms with Crippen LogP contribution in [0.5, 0.6) is 5.75 Å². The van der Waals surface area contributed by atoms with E-state index in [9.17, 15) is 4.79 Å². The largest absolute Gasteiger partial charge is 0.488 e. The molecule has 0 radical (unpaired) electrons. The summed E-state index contributed by atoms with van der Waals surface area (Å²) < 4.78 is 10.8. The van der Waals surface area contributed by atoms with E-state index in [4.69, 9.17) is 21.1 Å². The summed E-state index contributed by atoms with van der Waals surface area (Å²) in [6.07, 6.45) is 0. The summed E-state index contributed by atoms with van der Waals surface area (Å²) in [5.41, 5.74) is 4.24. The number of nitrogens with zero attached hydrogens (tertiary/aromatic N) is 1. The quantitative estimate of drug-likeness (QED) is 0.626. The number of hydrogen-bond donors (Lipinski definition) is 0. The molecule has 0 aliphatic rings. The van der Waals surface area contributed by atoms with Crippen LogP contribution < -0.4 is 4.74 Å². The molecule has 0 spiro atoms. The molecule has 1 heterocycles. The van der Waals surface area contributed by atoms with Gasteiger partial charge in [-0.15, -0.1) is 0 Å². The molecule has 3 aromatic rings. The lowest BCUT2D eigenvalue weighted by Crippen LogP contribution is -2.06. The van der Waals surface area contributed by atoms with Crippen molar-refractivity contribution in [1.29, 1.82) is 0 Å². The highest BCUT2D eigenvalue weighted by molar-refractivity contribution is 6.31. The molecule has 0 atom stereocenters. The highest BCUT2D eigenvalue weighted by Crippen LogP contribution is 2.29. The Labute approximate surface area is 151 Å². The fourth-order valence-electron chi connectivity index (χ4n) is 2.61. The van der Waals surface area contributed by atoms with Gasteiger partial charge in [-0.2, -0.15) is 0 Å². The Morgan fingerprint density at radius 3 is 2.68 bits per heavy atom. The van der Waals surface area contributed by atoms with Crippen molar-refractivity contribution in [2.75, 3.05) is 7.11 Å². The van der Waals surface area contributed by atoms with Crippen LogP contribution in [0.3, 0.4) is 0 Å². The molecule has 1 aromatic heterocycles. The summed E-state index contributed by atoms with van der Waals surface area (Å²) in [4.78, 5) is 16.2. The topological polar surface area (TPSA) is 48.4 Å². The molecule has 4 nitrogen and oxygen atoms in total. The van der Waals surface area contributed by atoms with E-state index in [1.807, 2.05) is 13.8 Å². The van der Waals surface area contributed by atoms with Crippen molar-refractivity contribution in [2.45, 2.75) is 20.5 Å². The molecule has 0 saturated heterocycles. The molecule has 0 N–H and O–H groups in total. The Morgan fingerprint density at radius 1 is 1.12 bits per heavy atom. The van der Waals surface area contributed by atoms with Crippen LogP contribution in [0, 0.1) is 13.8 Å². The second-order valence-electron chi connectivity index (χ2n) is 5.88. The molecule has 0 aliphatic heterocycles. The first-order chi connectivity index (χ1) is 12.0. The molecule has 2 aromatic carbocycles. The molecular formula is C20H18ClNO3. The van der Waals surface area contributed by atoms with E-state index in [0.717, 1.165) is 16.5 Å². The molecule has 0 aliphatic carbocycles. The smallest absolute Gasteiger partial charge is 0.356 e. The van der Waals surface area contributed by atoms with Crippen LogP contribution in [0.1, 0.15) is 27.2 Å². The molecule has 0 saturated carbocycles. The number of fused-ring (bicyclic) bond motifs is 1. The number of rotatable bonds is 4. The number of benzene rings is 2. The van der Waals surface area contributed by atoms with Crippen LogP contribution in [-0.2, 0) is 11.3 Å². The average molecular weight is 356 g/mol. The summed E-state index contributed by atoms with van der Waals surface area (Å²) in [6.45, 7) is 4.47. The van der Waals surface area contributed by atoms with Crippen LogP contribution in [-0.4, -0.2) is 18.1 Å². The van der Waals surface area contributed by atoms with Crippen LogP contribution in [0.4, 0.5) is 0 Å². The summed E-state index contributed by atoms with van der Waals surface area (Å²) >= 11 is 6.11. The minimum atomic E-state index is -0.506. The second-order valence-corrected chi connectivity index (χ2v) is 6.31. The van der Waals surface area contributed by atoms with Gasteiger partial charge in [-0.05, 0) is 43.2 Å². The van der Waals surface area contributed by atoms with E-state index in [-0.39, 0.29) is 5.69 Å². The zero-order valence-electron chi connectivity index (χ0n) is 14.3. The number of esters is 1. The molecule has 3 rings (SSSR count). The van der Waals surface area contributed by atoms with Crippen LogP contribution in [0.15, 0.2) is 42.5 Å². The van der Waals surface area contributed by atoms with E-state index in [2.05, 4.69) is 23.2 Å². The van der Waals surface area contributed by atoms with Gasteiger partial charge in [0.2, 0.25) is 0 Å². The Bertz CT molecular complexity index is 953. The lowest BCUT2D eigenvalue weighted by molar-refractivity contribution is 0.0594. The van der Waals surface area contributed by atoms with Crippen molar-refractivity contribution in [1.82, 2.24) is 4.98 Å². The summed E-state index contributed by atoms with van der Waals surface area (Å²) in [7, 11) is 1.33. The molecule has 0 fully saturated rings. The molecule has 5 heteroatoms. The van der Waals surface area contributed by atoms with E-state index in [1.165, 1.54) is 12.7 Å². The van der Waals surface area contributed by atoms with Gasteiger partial charge in [-0.1, -0.05) is 35.4 Å². The minimum absolute atomic E-state index is 0.202. The molecule has 0 amide bonds. The number of halogens is 1. The molecule has 25 heavy (non-hydrogen) atoms. The SMILES string of the molecule is COC(=O)c1cc(OCc2cc(C)ccc2C)c2cc(Cl)ccc2n1. The lowest BCUT2D eigenvalue weighted by Gasteiger charge is -2.13. The van der Waals surface area contributed by atoms with Crippen molar-refractivity contribution < 1.29 is 14.3 Å². The van der Waals surface area contributed by atoms with Gasteiger partial charge in [0.1, 0.15) is 12.4 Å². The van der Waals surface area contributed by atoms with Crippen molar-refractivity contribution in [3.05, 3.63) is 69.9 Å². The monoisotopic (exact) mass is 355 g/mol. The predicted octanol–water partition coefficient (Wildman–Crippen LogP) is 4.87. The van der Waals surface area contributed by atoms with Gasteiger partial charge in [0, 0.05) is 16.5 Å². The fraction of sp³-hybridized carbons (Fsp3) is 0.200. The van der Waals surface area contributed by atoms with Crippen molar-refractivity contribution in [3.8, 4) is 5.75 Å². The fourth-order valence-corrected chi connectivity index (χ4v) is 2.78. The molecule has 128 valence electrons. The lowest BCUT2D eigenvalue weighted by atomic mass is 10.1. The maximum Gasteiger partial charge on any atom is 0.356 e. The number of hydrogen-bond acceptors (Lipinski definition) is 4. The second kappa shape index (κ2) is 7.11. The number of methoxy groups -OCH3 is 1. The number of aryl methyl sites for hydroxylation is 2. The molecule has 0 bridgehead atoms.